The van der Waals surface area contributed by atoms with Crippen molar-refractivity contribution in [3.8, 4) is 0 Å². The van der Waals surface area contributed by atoms with Gasteiger partial charge in [-0.05, 0) is 85.9 Å². The summed E-state index contributed by atoms with van der Waals surface area (Å²) < 4.78 is 39.4. The van der Waals surface area contributed by atoms with E-state index in [1.165, 1.54) is 5.56 Å². The number of aliphatic hydroxyl groups is 1. The number of aliphatic hydroxyl groups excluding tert-OH is 1. The molecule has 1 aromatic rings. The fourth-order valence-electron chi connectivity index (χ4n) is 10.00. The Bertz CT molecular complexity index is 1480. The molecular weight excluding hydrogens is 716 g/mol. The third-order valence-electron chi connectivity index (χ3n) is 13.1. The van der Waals surface area contributed by atoms with Crippen LogP contribution in [0.2, 0.25) is 0 Å². The highest BCUT2D eigenvalue weighted by Crippen LogP contribution is 2.44. The van der Waals surface area contributed by atoms with E-state index in [0.29, 0.717) is 39.0 Å². The number of Topliss-reactive ketones (excluding diaryl/α,β-unsaturated/α-hetero) is 1. The van der Waals surface area contributed by atoms with Gasteiger partial charge in [-0.2, -0.15) is 0 Å². The van der Waals surface area contributed by atoms with Crippen molar-refractivity contribution < 1.29 is 47.9 Å². The van der Waals surface area contributed by atoms with Gasteiger partial charge in [-0.15, -0.1) is 0 Å². The van der Waals surface area contributed by atoms with Crippen molar-refractivity contribution in [1.29, 1.82) is 0 Å². The van der Waals surface area contributed by atoms with Crippen molar-refractivity contribution in [3.05, 3.63) is 35.9 Å². The minimum absolute atomic E-state index is 0.0298. The average molecular weight is 787 g/mol. The number of unbranched alkanes of at least 4 members (excludes halogenated alkanes) is 1. The van der Waals surface area contributed by atoms with Gasteiger partial charge in [0.1, 0.15) is 18.0 Å². The number of amides is 1. The molecule has 316 valence electrons. The largest absolute Gasteiger partial charge is 0.458 e. The number of fused-ring (bicyclic) bond motifs is 4. The van der Waals surface area contributed by atoms with E-state index >= 15 is 0 Å². The van der Waals surface area contributed by atoms with Gasteiger partial charge in [0.15, 0.2) is 11.9 Å². The quantitative estimate of drug-likeness (QED) is 0.232. The molecule has 56 heavy (non-hydrogen) atoms. The fourth-order valence-corrected chi connectivity index (χ4v) is 10.00. The minimum atomic E-state index is -1.29. The maximum Gasteiger partial charge on any atom is 0.410 e. The Balaban J connectivity index is 1.54. The van der Waals surface area contributed by atoms with Gasteiger partial charge in [-0.1, -0.05) is 65.0 Å². The zero-order chi connectivity index (χ0) is 41.1. The summed E-state index contributed by atoms with van der Waals surface area (Å²) in [5.74, 6) is -2.99. The van der Waals surface area contributed by atoms with E-state index < -0.39 is 83.7 Å². The van der Waals surface area contributed by atoms with Crippen molar-refractivity contribution in [3.63, 3.8) is 0 Å². The van der Waals surface area contributed by atoms with Gasteiger partial charge in [-0.3, -0.25) is 9.59 Å². The number of aryl methyl sites for hydroxylation is 1. The van der Waals surface area contributed by atoms with Crippen LogP contribution in [-0.4, -0.2) is 127 Å². The zero-order valence-corrected chi connectivity index (χ0v) is 35.8. The van der Waals surface area contributed by atoms with E-state index in [1.54, 1.807) is 4.90 Å². The summed E-state index contributed by atoms with van der Waals surface area (Å²) in [6, 6.07) is 9.34. The van der Waals surface area contributed by atoms with E-state index in [4.69, 9.17) is 28.4 Å². The Morgan fingerprint density at radius 2 is 1.66 bits per heavy atom. The smallest absolute Gasteiger partial charge is 0.410 e. The summed E-state index contributed by atoms with van der Waals surface area (Å²) in [6.07, 6.45) is -1.21. The summed E-state index contributed by atoms with van der Waals surface area (Å²) in [5, 5.41) is 11.6. The average Bonchev–Trinajstić information content (AvgIpc) is 3.43. The second-order valence-electron chi connectivity index (χ2n) is 18.1. The summed E-state index contributed by atoms with van der Waals surface area (Å²) in [5.41, 5.74) is -1.14. The van der Waals surface area contributed by atoms with Crippen LogP contribution >= 0.6 is 0 Å². The van der Waals surface area contributed by atoms with Gasteiger partial charge in [0.05, 0.1) is 49.1 Å². The molecule has 2 bridgehead atoms. The number of hydrogen-bond acceptors (Lipinski definition) is 11. The summed E-state index contributed by atoms with van der Waals surface area (Å²) in [7, 11) is 3.86. The molecule has 1 N–H and O–H groups in total. The van der Waals surface area contributed by atoms with Crippen LogP contribution in [0.3, 0.4) is 0 Å². The molecule has 5 rings (SSSR count). The van der Waals surface area contributed by atoms with Crippen LogP contribution < -0.4 is 0 Å². The van der Waals surface area contributed by atoms with Crippen LogP contribution in [0.25, 0.3) is 0 Å². The number of likely N-dealkylation sites (N-methyl/N-ethyl adjacent to an activating group) is 1. The van der Waals surface area contributed by atoms with Crippen molar-refractivity contribution in [2.75, 3.05) is 33.9 Å². The first-order chi connectivity index (χ1) is 26.4. The molecule has 1 amide bonds. The predicted octanol–water partition coefficient (Wildman–Crippen LogP) is 6.05. The minimum Gasteiger partial charge on any atom is -0.458 e. The molecule has 0 spiro atoms. The van der Waals surface area contributed by atoms with E-state index in [2.05, 4.69) is 12.1 Å². The molecule has 4 saturated heterocycles. The van der Waals surface area contributed by atoms with Gasteiger partial charge in [0.2, 0.25) is 0 Å². The molecule has 4 aliphatic rings. The van der Waals surface area contributed by atoms with Crippen LogP contribution in [0.15, 0.2) is 30.3 Å². The molecule has 4 aliphatic heterocycles. The molecule has 0 aliphatic carbocycles. The number of ether oxygens (including phenoxy) is 6. The highest BCUT2D eigenvalue weighted by atomic mass is 16.7. The van der Waals surface area contributed by atoms with Gasteiger partial charge in [-0.25, -0.2) is 4.79 Å². The lowest BCUT2D eigenvalue weighted by Gasteiger charge is -2.48. The number of ketones is 1. The molecule has 0 saturated carbocycles. The standard InChI is InChI=1S/C44H70N2O10/c1-12-34-44(9)38(46(42(50)56-44)21-17-16-20-32-18-14-13-15-19-32)29(5)35(47)27(3)23-43(8)39(55-41-36(48)33(45(10)11)22-28(4)53-41)30(6)37(31(7)40(49)54-34)51-24-26(2)25-52-43/h13-15,18-19,26-31,33-34,36-39,41,48H,12,16-17,20-25H2,1-11H3/t26?,27-,28-,29+,30-,31-,33+,34-,36-,37-,38+,39-,41+,43+,44-/m1/s1. The van der Waals surface area contributed by atoms with Crippen molar-refractivity contribution in [1.82, 2.24) is 9.80 Å². The number of rotatable bonds is 9. The first-order valence-corrected chi connectivity index (χ1v) is 21.1. The lowest BCUT2D eigenvalue weighted by Crippen LogP contribution is -2.61. The summed E-state index contributed by atoms with van der Waals surface area (Å²) in [6.45, 7) is 18.3. The number of nitrogens with zero attached hydrogens (tertiary/aromatic N) is 2. The van der Waals surface area contributed by atoms with Gasteiger partial charge in [0.25, 0.3) is 0 Å². The number of benzene rings is 1. The lowest BCUT2D eigenvalue weighted by atomic mass is 9.73. The number of hydrogen-bond donors (Lipinski definition) is 1. The molecule has 15 atom stereocenters. The van der Waals surface area contributed by atoms with Crippen molar-refractivity contribution in [2.24, 2.45) is 29.6 Å². The Kier molecular flexibility index (Phi) is 14.7. The molecule has 0 aromatic heterocycles. The fraction of sp³-hybridized carbons (Fsp3) is 0.795. The van der Waals surface area contributed by atoms with Gasteiger partial charge < -0.3 is 43.3 Å². The van der Waals surface area contributed by atoms with Gasteiger partial charge >= 0.3 is 12.1 Å². The monoisotopic (exact) mass is 787 g/mol. The van der Waals surface area contributed by atoms with Crippen molar-refractivity contribution >= 4 is 17.8 Å². The van der Waals surface area contributed by atoms with Crippen LogP contribution in [0.5, 0.6) is 0 Å². The predicted molar refractivity (Wildman–Crippen MR) is 212 cm³/mol. The molecule has 1 aromatic carbocycles. The lowest BCUT2D eigenvalue weighted by molar-refractivity contribution is -0.302. The Morgan fingerprint density at radius 1 is 0.964 bits per heavy atom. The van der Waals surface area contributed by atoms with E-state index in [0.717, 1.165) is 12.8 Å². The van der Waals surface area contributed by atoms with E-state index in [1.807, 2.05) is 99.5 Å². The first-order valence-electron chi connectivity index (χ1n) is 21.1. The maximum absolute atomic E-state index is 14.9. The maximum atomic E-state index is 14.9. The Morgan fingerprint density at radius 3 is 2.32 bits per heavy atom. The molecule has 12 heteroatoms. The zero-order valence-electron chi connectivity index (χ0n) is 35.8. The van der Waals surface area contributed by atoms with E-state index in [9.17, 15) is 19.5 Å². The van der Waals surface area contributed by atoms with Crippen LogP contribution in [0.4, 0.5) is 4.79 Å². The normalized spacial score (nSPS) is 41.6. The molecule has 1 unspecified atom stereocenters. The Hall–Kier alpha value is -2.61. The molecule has 4 heterocycles. The van der Waals surface area contributed by atoms with Crippen LogP contribution in [0.1, 0.15) is 100.0 Å². The number of carbonyl (C=O) groups is 3. The second kappa shape index (κ2) is 18.5. The molecule has 4 fully saturated rings. The third-order valence-corrected chi connectivity index (χ3v) is 13.1. The Labute approximate surface area is 335 Å². The first kappa shape index (κ1) is 44.5. The van der Waals surface area contributed by atoms with E-state index in [-0.39, 0.29) is 30.3 Å². The van der Waals surface area contributed by atoms with Gasteiger partial charge in [0, 0.05) is 36.3 Å². The second-order valence-corrected chi connectivity index (χ2v) is 18.1. The highest BCUT2D eigenvalue weighted by molar-refractivity contribution is 5.85. The molecular formula is C44H70N2O10. The van der Waals surface area contributed by atoms with Crippen LogP contribution in [0, 0.1) is 29.6 Å². The molecule has 0 radical (unpaired) electrons. The third kappa shape index (κ3) is 9.47. The molecule has 12 nitrogen and oxygen atoms in total. The summed E-state index contributed by atoms with van der Waals surface area (Å²) in [4.78, 5) is 46.8. The number of carbonyl (C=O) groups excluding carboxylic acids is 3. The topological polar surface area (TPSA) is 133 Å². The number of cyclic esters (lactones) is 1. The summed E-state index contributed by atoms with van der Waals surface area (Å²) >= 11 is 0. The SMILES string of the molecule is CC[C@H]1OC(=O)[C@H](C)[C@@H]2OCC(C)CO[C@@](C)(C[C@@H](C)C(=O)[C@H](C)[C@@H]3N(CCCCc4ccccc4)C(=O)O[C@@]31C)[C@H](O[C@@H]1O[C@H](C)C[C@H](N(C)C)[C@H]1O)[C@@H]2C. The highest BCUT2D eigenvalue weighted by Gasteiger charge is 2.60. The van der Waals surface area contributed by atoms with Crippen molar-refractivity contribution in [2.45, 2.75) is 161 Å². The van der Waals surface area contributed by atoms with Crippen LogP contribution in [-0.2, 0) is 44.4 Å². The number of esters is 1.